The van der Waals surface area contributed by atoms with Crippen molar-refractivity contribution in [1.82, 2.24) is 0 Å². The molecule has 1 heteroatoms. The lowest BCUT2D eigenvalue weighted by Crippen LogP contribution is -1.88. The van der Waals surface area contributed by atoms with Gasteiger partial charge in [0.15, 0.2) is 0 Å². The van der Waals surface area contributed by atoms with Gasteiger partial charge in [0.2, 0.25) is 0 Å². The van der Waals surface area contributed by atoms with E-state index in [1.807, 2.05) is 12.2 Å². The second kappa shape index (κ2) is 2.17. The van der Waals surface area contributed by atoms with E-state index >= 15 is 0 Å². The number of hydrogen-bond donors (Lipinski definition) is 0. The Morgan fingerprint density at radius 2 is 1.86 bits per heavy atom. The van der Waals surface area contributed by atoms with Gasteiger partial charge in [-0.1, -0.05) is 24.3 Å². The van der Waals surface area contributed by atoms with Gasteiger partial charge in [-0.2, -0.15) is 0 Å². The van der Waals surface area contributed by atoms with Crippen LogP contribution in [-0.2, 0) is 0 Å². The average Bonchev–Trinajstić information content (AvgIpc) is 1.69. The van der Waals surface area contributed by atoms with Crippen LogP contribution in [0.25, 0.3) is 0 Å². The van der Waals surface area contributed by atoms with Crippen LogP contribution in [0.3, 0.4) is 0 Å². The second-order valence-corrected chi connectivity index (χ2v) is 2.04. The van der Waals surface area contributed by atoms with Gasteiger partial charge in [-0.05, 0) is 6.42 Å². The molecule has 7 heavy (non-hydrogen) atoms. The topological polar surface area (TPSA) is 0 Å². The molecule has 38 valence electrons. The molecule has 0 bridgehead atoms. The standard InChI is InChI=1S/C6H7Cl/c7-6-4-2-1-3-5-6/h2-6H,1H2. The van der Waals surface area contributed by atoms with E-state index in [1.54, 1.807) is 0 Å². The summed E-state index contributed by atoms with van der Waals surface area (Å²) in [5.41, 5.74) is 0. The van der Waals surface area contributed by atoms with Crippen molar-refractivity contribution in [3.63, 3.8) is 0 Å². The third-order valence-corrected chi connectivity index (χ3v) is 1.20. The molecule has 0 fully saturated rings. The maximum Gasteiger partial charge on any atom is 0.0697 e. The smallest absolute Gasteiger partial charge is 0.0697 e. The molecule has 1 aliphatic rings. The number of halogens is 1. The van der Waals surface area contributed by atoms with Gasteiger partial charge in [-0.3, -0.25) is 0 Å². The Hall–Kier alpha value is -0.230. The number of rotatable bonds is 0. The first-order valence-corrected chi connectivity index (χ1v) is 2.80. The monoisotopic (exact) mass is 114 g/mol. The van der Waals surface area contributed by atoms with Crippen LogP contribution in [0.5, 0.6) is 0 Å². The lowest BCUT2D eigenvalue weighted by molar-refractivity contribution is 1.24. The summed E-state index contributed by atoms with van der Waals surface area (Å²) in [7, 11) is 0. The molecule has 0 aliphatic heterocycles. The van der Waals surface area contributed by atoms with Crippen LogP contribution in [0.1, 0.15) is 6.42 Å². The lowest BCUT2D eigenvalue weighted by Gasteiger charge is -1.97. The van der Waals surface area contributed by atoms with Crippen LogP contribution >= 0.6 is 11.6 Å². The normalized spacial score (nSPS) is 20.7. The second-order valence-electron chi connectivity index (χ2n) is 1.54. The van der Waals surface area contributed by atoms with E-state index in [9.17, 15) is 0 Å². The zero-order valence-corrected chi connectivity index (χ0v) is 4.73. The first-order chi connectivity index (χ1) is 3.39. The molecule has 0 amide bonds. The largest absolute Gasteiger partial charge is 0.114 e. The summed E-state index contributed by atoms with van der Waals surface area (Å²) in [4.78, 5) is 0. The molecule has 0 atom stereocenters. The third-order valence-electron chi connectivity index (χ3n) is 0.912. The molecular formula is C6H7Cl. The fraction of sp³-hybridized carbons (Fsp3) is 0.333. The van der Waals surface area contributed by atoms with E-state index in [2.05, 4.69) is 12.2 Å². The van der Waals surface area contributed by atoms with Gasteiger partial charge in [-0.15, -0.1) is 11.6 Å². The average molecular weight is 115 g/mol. The molecule has 0 aromatic carbocycles. The van der Waals surface area contributed by atoms with Crippen molar-refractivity contribution in [1.29, 1.82) is 0 Å². The van der Waals surface area contributed by atoms with Crippen molar-refractivity contribution in [2.24, 2.45) is 0 Å². The van der Waals surface area contributed by atoms with E-state index in [0.717, 1.165) is 6.42 Å². The summed E-state index contributed by atoms with van der Waals surface area (Å²) in [6.45, 7) is 0. The van der Waals surface area contributed by atoms with E-state index < -0.39 is 0 Å². The third kappa shape index (κ3) is 1.36. The van der Waals surface area contributed by atoms with Crippen molar-refractivity contribution < 1.29 is 0 Å². The van der Waals surface area contributed by atoms with Crippen LogP contribution in [0.15, 0.2) is 24.3 Å². The minimum absolute atomic E-state index is 0.147. The number of hydrogen-bond acceptors (Lipinski definition) is 0. The molecule has 1 aliphatic carbocycles. The quantitative estimate of drug-likeness (QED) is 0.334. The van der Waals surface area contributed by atoms with Gasteiger partial charge in [0.25, 0.3) is 0 Å². The van der Waals surface area contributed by atoms with Gasteiger partial charge in [-0.25, -0.2) is 0 Å². The van der Waals surface area contributed by atoms with Gasteiger partial charge < -0.3 is 0 Å². The first-order valence-electron chi connectivity index (χ1n) is 2.37. The summed E-state index contributed by atoms with van der Waals surface area (Å²) in [5, 5.41) is 0.147. The molecular weight excluding hydrogens is 108 g/mol. The van der Waals surface area contributed by atoms with Gasteiger partial charge >= 0.3 is 0 Å². The Labute approximate surface area is 48.5 Å². The predicted octanol–water partition coefficient (Wildman–Crippen LogP) is 2.11. The van der Waals surface area contributed by atoms with Crippen LogP contribution in [0, 0.1) is 0 Å². The van der Waals surface area contributed by atoms with Gasteiger partial charge in [0.05, 0.1) is 5.38 Å². The Morgan fingerprint density at radius 1 is 1.29 bits per heavy atom. The summed E-state index contributed by atoms with van der Waals surface area (Å²) >= 11 is 5.64. The highest BCUT2D eigenvalue weighted by atomic mass is 35.5. The summed E-state index contributed by atoms with van der Waals surface area (Å²) < 4.78 is 0. The molecule has 0 heterocycles. The fourth-order valence-electron chi connectivity index (χ4n) is 0.560. The van der Waals surface area contributed by atoms with Gasteiger partial charge in [0, 0.05) is 0 Å². The SMILES string of the molecule is ClC1C=CCC=C1. The fourth-order valence-corrected chi connectivity index (χ4v) is 0.766. The summed E-state index contributed by atoms with van der Waals surface area (Å²) in [6.07, 6.45) is 9.15. The predicted molar refractivity (Wildman–Crippen MR) is 32.5 cm³/mol. The Bertz CT molecular complexity index is 90.7. The molecule has 0 nitrogen and oxygen atoms in total. The minimum Gasteiger partial charge on any atom is -0.114 e. The van der Waals surface area contributed by atoms with Crippen molar-refractivity contribution in [3.8, 4) is 0 Å². The zero-order valence-electron chi connectivity index (χ0n) is 3.97. The van der Waals surface area contributed by atoms with Crippen LogP contribution < -0.4 is 0 Å². The molecule has 0 saturated carbocycles. The summed E-state index contributed by atoms with van der Waals surface area (Å²) in [5.74, 6) is 0. The Balaban J connectivity index is 2.49. The van der Waals surface area contributed by atoms with Crippen molar-refractivity contribution in [2.75, 3.05) is 0 Å². The molecule has 1 rings (SSSR count). The highest BCUT2D eigenvalue weighted by molar-refractivity contribution is 6.23. The highest BCUT2D eigenvalue weighted by Gasteiger charge is 1.92. The van der Waals surface area contributed by atoms with Crippen molar-refractivity contribution >= 4 is 11.6 Å². The van der Waals surface area contributed by atoms with Gasteiger partial charge in [0.1, 0.15) is 0 Å². The van der Waals surface area contributed by atoms with Crippen LogP contribution in [0.2, 0.25) is 0 Å². The van der Waals surface area contributed by atoms with Crippen LogP contribution in [0.4, 0.5) is 0 Å². The van der Waals surface area contributed by atoms with E-state index in [-0.39, 0.29) is 5.38 Å². The van der Waals surface area contributed by atoms with Crippen LogP contribution in [-0.4, -0.2) is 5.38 Å². The van der Waals surface area contributed by atoms with Crippen molar-refractivity contribution in [3.05, 3.63) is 24.3 Å². The Morgan fingerprint density at radius 3 is 2.14 bits per heavy atom. The minimum atomic E-state index is 0.147. The first kappa shape index (κ1) is 4.92. The molecule has 0 aromatic rings. The number of alkyl halides is 1. The molecule has 0 N–H and O–H groups in total. The maximum absolute atomic E-state index is 5.64. The lowest BCUT2D eigenvalue weighted by atomic mass is 10.2. The molecule has 0 aromatic heterocycles. The van der Waals surface area contributed by atoms with E-state index in [1.165, 1.54) is 0 Å². The maximum atomic E-state index is 5.64. The molecule has 0 spiro atoms. The number of allylic oxidation sites excluding steroid dienone is 4. The Kier molecular flexibility index (Phi) is 1.53. The molecule has 0 radical (unpaired) electrons. The van der Waals surface area contributed by atoms with Crippen molar-refractivity contribution in [2.45, 2.75) is 11.8 Å². The molecule has 0 unspecified atom stereocenters. The van der Waals surface area contributed by atoms with E-state index in [0.29, 0.717) is 0 Å². The summed E-state index contributed by atoms with van der Waals surface area (Å²) in [6, 6.07) is 0. The molecule has 0 saturated heterocycles. The highest BCUT2D eigenvalue weighted by Crippen LogP contribution is 2.06. The zero-order chi connectivity index (χ0) is 5.11. The van der Waals surface area contributed by atoms with E-state index in [4.69, 9.17) is 11.6 Å².